The van der Waals surface area contributed by atoms with Gasteiger partial charge in [-0.05, 0) is 37.3 Å². The Bertz CT molecular complexity index is 796. The summed E-state index contributed by atoms with van der Waals surface area (Å²) in [6.07, 6.45) is 0. The van der Waals surface area contributed by atoms with E-state index in [-0.39, 0.29) is 5.88 Å². The van der Waals surface area contributed by atoms with E-state index in [9.17, 15) is 0 Å². The third-order valence-electron chi connectivity index (χ3n) is 2.98. The molecule has 0 N–H and O–H groups in total. The molecule has 0 aliphatic heterocycles. The maximum Gasteiger partial charge on any atom is 0.165 e. The maximum absolute atomic E-state index is 6.28. The SMILES string of the molecule is Cc1ccc2nc(CCl)n(-c3cc(Cl)ccc3Cl)c2n1. The average Bonchev–Trinajstić information content (AvgIpc) is 2.79. The van der Waals surface area contributed by atoms with Gasteiger partial charge in [-0.25, -0.2) is 9.97 Å². The Morgan fingerprint density at radius 3 is 2.65 bits per heavy atom. The van der Waals surface area contributed by atoms with Crippen molar-refractivity contribution in [3.63, 3.8) is 0 Å². The minimum atomic E-state index is 0.262. The number of imidazole rings is 1. The number of hydrogen-bond donors (Lipinski definition) is 0. The Labute approximate surface area is 131 Å². The van der Waals surface area contributed by atoms with Crippen molar-refractivity contribution in [3.05, 3.63) is 51.9 Å². The van der Waals surface area contributed by atoms with E-state index >= 15 is 0 Å². The number of benzene rings is 1. The minimum Gasteiger partial charge on any atom is -0.278 e. The molecule has 0 bridgehead atoms. The summed E-state index contributed by atoms with van der Waals surface area (Å²) in [6, 6.07) is 9.11. The van der Waals surface area contributed by atoms with Gasteiger partial charge in [0.05, 0.1) is 16.6 Å². The van der Waals surface area contributed by atoms with Crippen molar-refractivity contribution in [3.8, 4) is 5.69 Å². The lowest BCUT2D eigenvalue weighted by Crippen LogP contribution is -2.01. The van der Waals surface area contributed by atoms with Crippen LogP contribution in [0.3, 0.4) is 0 Å². The second-order valence-corrected chi connectivity index (χ2v) is 5.50. The first-order valence-electron chi connectivity index (χ1n) is 5.96. The third-order valence-corrected chi connectivity index (χ3v) is 3.78. The van der Waals surface area contributed by atoms with Crippen molar-refractivity contribution in [1.82, 2.24) is 14.5 Å². The fourth-order valence-electron chi connectivity index (χ4n) is 2.10. The Balaban J connectivity index is 2.39. The summed E-state index contributed by atoms with van der Waals surface area (Å²) in [5.74, 6) is 0.946. The molecular formula is C14H10Cl3N3. The van der Waals surface area contributed by atoms with Crippen LogP contribution in [0.4, 0.5) is 0 Å². The first-order valence-corrected chi connectivity index (χ1v) is 7.25. The number of hydrogen-bond acceptors (Lipinski definition) is 2. The number of aromatic nitrogens is 3. The van der Waals surface area contributed by atoms with Crippen LogP contribution >= 0.6 is 34.8 Å². The van der Waals surface area contributed by atoms with Crippen LogP contribution in [0.25, 0.3) is 16.9 Å². The highest BCUT2D eigenvalue weighted by Gasteiger charge is 2.15. The minimum absolute atomic E-state index is 0.262. The van der Waals surface area contributed by atoms with Crippen molar-refractivity contribution < 1.29 is 0 Å². The fourth-order valence-corrected chi connectivity index (χ4v) is 2.65. The molecule has 0 unspecified atom stereocenters. The van der Waals surface area contributed by atoms with Crippen LogP contribution < -0.4 is 0 Å². The second kappa shape index (κ2) is 5.24. The molecule has 20 heavy (non-hydrogen) atoms. The van der Waals surface area contributed by atoms with Gasteiger partial charge in [0, 0.05) is 10.7 Å². The number of fused-ring (bicyclic) bond motifs is 1. The first kappa shape index (κ1) is 13.7. The van der Waals surface area contributed by atoms with E-state index in [0.29, 0.717) is 15.9 Å². The summed E-state index contributed by atoms with van der Waals surface area (Å²) < 4.78 is 1.85. The number of alkyl halides is 1. The molecule has 0 aliphatic carbocycles. The van der Waals surface area contributed by atoms with Gasteiger partial charge in [-0.3, -0.25) is 4.57 Å². The lowest BCUT2D eigenvalue weighted by Gasteiger charge is -2.10. The van der Waals surface area contributed by atoms with E-state index < -0.39 is 0 Å². The first-order chi connectivity index (χ1) is 9.60. The fraction of sp³-hybridized carbons (Fsp3) is 0.143. The van der Waals surface area contributed by atoms with Gasteiger partial charge >= 0.3 is 0 Å². The summed E-state index contributed by atoms with van der Waals surface area (Å²) in [5, 5.41) is 1.17. The van der Waals surface area contributed by atoms with Gasteiger partial charge < -0.3 is 0 Å². The molecule has 3 rings (SSSR count). The van der Waals surface area contributed by atoms with Crippen LogP contribution in [0.15, 0.2) is 30.3 Å². The van der Waals surface area contributed by atoms with Crippen LogP contribution in [-0.4, -0.2) is 14.5 Å². The predicted octanol–water partition coefficient (Wildman–Crippen LogP) is 4.77. The monoisotopic (exact) mass is 325 g/mol. The number of halogens is 3. The van der Waals surface area contributed by atoms with Crippen molar-refractivity contribution in [2.75, 3.05) is 0 Å². The zero-order chi connectivity index (χ0) is 14.3. The van der Waals surface area contributed by atoms with E-state index in [1.165, 1.54) is 0 Å². The quantitative estimate of drug-likeness (QED) is 0.635. The maximum atomic E-state index is 6.28. The molecule has 3 nitrogen and oxygen atoms in total. The van der Waals surface area contributed by atoms with E-state index in [4.69, 9.17) is 34.8 Å². The summed E-state index contributed by atoms with van der Waals surface area (Å²) in [7, 11) is 0. The van der Waals surface area contributed by atoms with Crippen LogP contribution in [0.1, 0.15) is 11.5 Å². The van der Waals surface area contributed by atoms with Gasteiger partial charge in [0.25, 0.3) is 0 Å². The summed E-state index contributed by atoms with van der Waals surface area (Å²) >= 11 is 18.3. The normalized spacial score (nSPS) is 11.2. The molecular weight excluding hydrogens is 317 g/mol. The molecule has 1 aromatic carbocycles. The molecule has 6 heteroatoms. The second-order valence-electron chi connectivity index (χ2n) is 4.39. The summed E-state index contributed by atoms with van der Waals surface area (Å²) in [4.78, 5) is 9.02. The molecule has 3 aromatic rings. The molecule has 0 radical (unpaired) electrons. The smallest absolute Gasteiger partial charge is 0.165 e. The standard InChI is InChI=1S/C14H10Cl3N3/c1-8-2-5-11-14(18-8)20(13(7-15)19-11)12-6-9(16)3-4-10(12)17/h2-6H,7H2,1H3. The van der Waals surface area contributed by atoms with Gasteiger partial charge in [0.1, 0.15) is 11.3 Å². The molecule has 2 heterocycles. The molecule has 0 fully saturated rings. The molecule has 0 atom stereocenters. The van der Waals surface area contributed by atoms with E-state index in [1.807, 2.05) is 23.6 Å². The lowest BCUT2D eigenvalue weighted by molar-refractivity contribution is 0.967. The Hall–Kier alpha value is -1.29. The Morgan fingerprint density at radius 2 is 1.90 bits per heavy atom. The summed E-state index contributed by atoms with van der Waals surface area (Å²) in [5.41, 5.74) is 3.14. The van der Waals surface area contributed by atoms with Gasteiger partial charge in [-0.15, -0.1) is 11.6 Å². The van der Waals surface area contributed by atoms with Gasteiger partial charge in [0.15, 0.2) is 5.65 Å². The van der Waals surface area contributed by atoms with E-state index in [0.717, 1.165) is 22.5 Å². The molecule has 0 saturated carbocycles. The van der Waals surface area contributed by atoms with Crippen LogP contribution in [0.5, 0.6) is 0 Å². The van der Waals surface area contributed by atoms with Gasteiger partial charge in [-0.1, -0.05) is 23.2 Å². The van der Waals surface area contributed by atoms with Gasteiger partial charge in [-0.2, -0.15) is 0 Å². The van der Waals surface area contributed by atoms with Crippen molar-refractivity contribution in [2.24, 2.45) is 0 Å². The Kier molecular flexibility index (Phi) is 3.59. The lowest BCUT2D eigenvalue weighted by atomic mass is 10.3. The van der Waals surface area contributed by atoms with Crippen molar-refractivity contribution >= 4 is 46.0 Å². The highest BCUT2D eigenvalue weighted by atomic mass is 35.5. The number of rotatable bonds is 2. The Morgan fingerprint density at radius 1 is 1.10 bits per heavy atom. The predicted molar refractivity (Wildman–Crippen MR) is 83.2 cm³/mol. The van der Waals surface area contributed by atoms with Crippen LogP contribution in [0.2, 0.25) is 10.0 Å². The average molecular weight is 327 g/mol. The molecule has 102 valence electrons. The zero-order valence-electron chi connectivity index (χ0n) is 10.6. The van der Waals surface area contributed by atoms with E-state index in [2.05, 4.69) is 9.97 Å². The van der Waals surface area contributed by atoms with Crippen LogP contribution in [-0.2, 0) is 5.88 Å². The highest BCUT2D eigenvalue weighted by Crippen LogP contribution is 2.29. The van der Waals surface area contributed by atoms with E-state index in [1.54, 1.807) is 18.2 Å². The number of aryl methyl sites for hydroxylation is 1. The van der Waals surface area contributed by atoms with Crippen LogP contribution in [0, 0.1) is 6.92 Å². The largest absolute Gasteiger partial charge is 0.278 e. The summed E-state index contributed by atoms with van der Waals surface area (Å²) in [6.45, 7) is 1.93. The van der Waals surface area contributed by atoms with Gasteiger partial charge in [0.2, 0.25) is 0 Å². The molecule has 0 saturated heterocycles. The van der Waals surface area contributed by atoms with Crippen molar-refractivity contribution in [2.45, 2.75) is 12.8 Å². The number of pyridine rings is 1. The molecule has 0 aliphatic rings. The molecule has 0 amide bonds. The zero-order valence-corrected chi connectivity index (χ0v) is 12.8. The number of nitrogens with zero attached hydrogens (tertiary/aromatic N) is 3. The highest BCUT2D eigenvalue weighted by molar-refractivity contribution is 6.34. The topological polar surface area (TPSA) is 30.7 Å². The van der Waals surface area contributed by atoms with Crippen molar-refractivity contribution in [1.29, 1.82) is 0 Å². The molecule has 0 spiro atoms. The molecule has 2 aromatic heterocycles. The third kappa shape index (κ3) is 2.26.